The van der Waals surface area contributed by atoms with Crippen LogP contribution in [0.25, 0.3) is 0 Å². The van der Waals surface area contributed by atoms with Gasteiger partial charge < -0.3 is 11.5 Å². The molecule has 25 heavy (non-hydrogen) atoms. The molecule has 0 aromatic heterocycles. The predicted molar refractivity (Wildman–Crippen MR) is 115 cm³/mol. The summed E-state index contributed by atoms with van der Waals surface area (Å²) in [6, 6.07) is 0.228. The lowest BCUT2D eigenvalue weighted by Crippen LogP contribution is -2.29. The summed E-state index contributed by atoms with van der Waals surface area (Å²) in [6.07, 6.45) is 28.3. The second-order valence-corrected chi connectivity index (χ2v) is 8.15. The molecule has 0 aliphatic carbocycles. The lowest BCUT2D eigenvalue weighted by molar-refractivity contribution is 0.513. The first kappa shape index (κ1) is 24.9. The summed E-state index contributed by atoms with van der Waals surface area (Å²) in [5, 5.41) is 0. The van der Waals surface area contributed by atoms with E-state index in [1.54, 1.807) is 0 Å². The number of unbranched alkanes of at least 4 members (excludes halogenated alkanes) is 18. The summed E-state index contributed by atoms with van der Waals surface area (Å²) < 4.78 is 0. The Labute approximate surface area is 159 Å². The number of hydrogen-bond acceptors (Lipinski definition) is 2. The van der Waals surface area contributed by atoms with Crippen LogP contribution in [0.5, 0.6) is 0 Å². The number of hydrogen-bond donors (Lipinski definition) is 2. The van der Waals surface area contributed by atoms with Gasteiger partial charge in [0.2, 0.25) is 0 Å². The van der Waals surface area contributed by atoms with Crippen LogP contribution in [0.3, 0.4) is 0 Å². The predicted octanol–water partition coefficient (Wildman–Crippen LogP) is 7.09. The minimum Gasteiger partial charge on any atom is -0.329 e. The highest BCUT2D eigenvalue weighted by atomic mass is 14.7. The van der Waals surface area contributed by atoms with E-state index < -0.39 is 0 Å². The Kier molecular flexibility index (Phi) is 21.9. The zero-order valence-corrected chi connectivity index (χ0v) is 17.6. The lowest BCUT2D eigenvalue weighted by Gasteiger charge is -2.07. The Hall–Kier alpha value is -0.0800. The van der Waals surface area contributed by atoms with Crippen molar-refractivity contribution in [3.8, 4) is 0 Å². The van der Waals surface area contributed by atoms with Crippen LogP contribution in [0, 0.1) is 0 Å². The molecule has 0 radical (unpaired) electrons. The van der Waals surface area contributed by atoms with Gasteiger partial charge in [-0.05, 0) is 6.42 Å². The smallest absolute Gasteiger partial charge is 0.0163 e. The Morgan fingerprint density at radius 2 is 0.760 bits per heavy atom. The molecule has 0 fully saturated rings. The van der Waals surface area contributed by atoms with E-state index in [-0.39, 0.29) is 6.04 Å². The molecule has 152 valence electrons. The normalized spacial score (nSPS) is 12.6. The van der Waals surface area contributed by atoms with E-state index >= 15 is 0 Å². The Balaban J connectivity index is 2.98. The van der Waals surface area contributed by atoms with Crippen LogP contribution in [-0.2, 0) is 0 Å². The zero-order chi connectivity index (χ0) is 18.4. The van der Waals surface area contributed by atoms with Gasteiger partial charge >= 0.3 is 0 Å². The van der Waals surface area contributed by atoms with Crippen LogP contribution >= 0.6 is 0 Å². The van der Waals surface area contributed by atoms with Crippen molar-refractivity contribution in [3.63, 3.8) is 0 Å². The van der Waals surface area contributed by atoms with Crippen molar-refractivity contribution >= 4 is 0 Å². The van der Waals surface area contributed by atoms with Crippen LogP contribution in [0.2, 0.25) is 0 Å². The van der Waals surface area contributed by atoms with Crippen LogP contribution in [-0.4, -0.2) is 12.6 Å². The van der Waals surface area contributed by atoms with Crippen LogP contribution in [0.15, 0.2) is 0 Å². The molecule has 0 aromatic carbocycles. The molecule has 0 spiro atoms. The monoisotopic (exact) mass is 354 g/mol. The van der Waals surface area contributed by atoms with Gasteiger partial charge in [0.1, 0.15) is 0 Å². The van der Waals surface area contributed by atoms with E-state index in [2.05, 4.69) is 6.92 Å². The molecule has 0 amide bonds. The van der Waals surface area contributed by atoms with Gasteiger partial charge in [-0.15, -0.1) is 0 Å². The van der Waals surface area contributed by atoms with Gasteiger partial charge in [-0.1, -0.05) is 129 Å². The summed E-state index contributed by atoms with van der Waals surface area (Å²) in [5.74, 6) is 0. The van der Waals surface area contributed by atoms with Crippen molar-refractivity contribution in [3.05, 3.63) is 0 Å². The minimum absolute atomic E-state index is 0.228. The van der Waals surface area contributed by atoms with E-state index in [9.17, 15) is 0 Å². The van der Waals surface area contributed by atoms with Gasteiger partial charge in [0.05, 0.1) is 0 Å². The van der Waals surface area contributed by atoms with Crippen molar-refractivity contribution in [2.24, 2.45) is 11.5 Å². The summed E-state index contributed by atoms with van der Waals surface area (Å²) in [5.41, 5.74) is 11.4. The fraction of sp³-hybridized carbons (Fsp3) is 1.00. The second-order valence-electron chi connectivity index (χ2n) is 8.15. The fourth-order valence-electron chi connectivity index (χ4n) is 3.60. The number of rotatable bonds is 21. The molecule has 4 N–H and O–H groups in total. The summed E-state index contributed by atoms with van der Waals surface area (Å²) in [4.78, 5) is 0. The minimum atomic E-state index is 0.228. The lowest BCUT2D eigenvalue weighted by atomic mass is 10.0. The third kappa shape index (κ3) is 21.9. The molecule has 0 aliphatic rings. The van der Waals surface area contributed by atoms with E-state index in [0.717, 1.165) is 6.42 Å². The Morgan fingerprint density at radius 1 is 0.480 bits per heavy atom. The molecular weight excluding hydrogens is 304 g/mol. The molecule has 1 atom stereocenters. The zero-order valence-electron chi connectivity index (χ0n) is 17.6. The van der Waals surface area contributed by atoms with Gasteiger partial charge in [-0.25, -0.2) is 0 Å². The van der Waals surface area contributed by atoms with E-state index in [0.29, 0.717) is 6.54 Å². The number of nitrogens with two attached hydrogens (primary N) is 2. The summed E-state index contributed by atoms with van der Waals surface area (Å²) >= 11 is 0. The summed E-state index contributed by atoms with van der Waals surface area (Å²) in [6.45, 7) is 2.93. The maximum atomic E-state index is 5.82. The molecule has 0 saturated heterocycles. The van der Waals surface area contributed by atoms with Crippen LogP contribution in [0.1, 0.15) is 135 Å². The third-order valence-electron chi connectivity index (χ3n) is 5.48. The second kappa shape index (κ2) is 22.0. The first-order valence-corrected chi connectivity index (χ1v) is 11.8. The van der Waals surface area contributed by atoms with Gasteiger partial charge in [0.15, 0.2) is 0 Å². The van der Waals surface area contributed by atoms with Crippen molar-refractivity contribution in [1.82, 2.24) is 0 Å². The van der Waals surface area contributed by atoms with E-state index in [1.807, 2.05) is 0 Å². The molecule has 0 saturated carbocycles. The first-order chi connectivity index (χ1) is 12.3. The summed E-state index contributed by atoms with van der Waals surface area (Å²) in [7, 11) is 0. The fourth-order valence-corrected chi connectivity index (χ4v) is 3.60. The first-order valence-electron chi connectivity index (χ1n) is 11.8. The molecule has 1 unspecified atom stereocenters. The maximum Gasteiger partial charge on any atom is 0.0163 e. The third-order valence-corrected chi connectivity index (χ3v) is 5.48. The van der Waals surface area contributed by atoms with Crippen molar-refractivity contribution in [2.45, 2.75) is 141 Å². The SMILES string of the molecule is CCCCCCCCCCCCCCCCCCCCCC(N)CN. The molecule has 2 heteroatoms. The standard InChI is InChI=1S/C23H50N2/c1-2-3-4-5-6-7-8-9-10-11-12-13-14-15-16-17-18-19-20-21-23(25)22-24/h23H,2-22,24-25H2,1H3. The Bertz CT molecular complexity index is 230. The van der Waals surface area contributed by atoms with Crippen LogP contribution < -0.4 is 11.5 Å². The van der Waals surface area contributed by atoms with Crippen molar-refractivity contribution in [2.75, 3.05) is 6.54 Å². The maximum absolute atomic E-state index is 5.82. The van der Waals surface area contributed by atoms with Gasteiger partial charge in [0.25, 0.3) is 0 Å². The van der Waals surface area contributed by atoms with Gasteiger partial charge in [-0.2, -0.15) is 0 Å². The highest BCUT2D eigenvalue weighted by molar-refractivity contribution is 4.61. The molecule has 0 rings (SSSR count). The van der Waals surface area contributed by atoms with Crippen LogP contribution in [0.4, 0.5) is 0 Å². The average molecular weight is 355 g/mol. The topological polar surface area (TPSA) is 52.0 Å². The highest BCUT2D eigenvalue weighted by Gasteiger charge is 1.98. The van der Waals surface area contributed by atoms with Gasteiger partial charge in [-0.3, -0.25) is 0 Å². The van der Waals surface area contributed by atoms with Gasteiger partial charge in [0, 0.05) is 12.6 Å². The molecule has 0 aromatic rings. The van der Waals surface area contributed by atoms with Crippen molar-refractivity contribution in [1.29, 1.82) is 0 Å². The molecule has 2 nitrogen and oxygen atoms in total. The molecule has 0 bridgehead atoms. The highest BCUT2D eigenvalue weighted by Crippen LogP contribution is 2.14. The molecule has 0 heterocycles. The Morgan fingerprint density at radius 3 is 1.04 bits per heavy atom. The molecule has 0 aliphatic heterocycles. The van der Waals surface area contributed by atoms with E-state index in [4.69, 9.17) is 11.5 Å². The molecular formula is C23H50N2. The van der Waals surface area contributed by atoms with Crippen molar-refractivity contribution < 1.29 is 0 Å². The largest absolute Gasteiger partial charge is 0.329 e. The van der Waals surface area contributed by atoms with E-state index in [1.165, 1.54) is 122 Å². The quantitative estimate of drug-likeness (QED) is 0.216. The average Bonchev–Trinajstić information content (AvgIpc) is 2.63.